The van der Waals surface area contributed by atoms with Crippen molar-refractivity contribution < 1.29 is 32.6 Å². The van der Waals surface area contributed by atoms with E-state index in [1.165, 1.54) is 24.3 Å². The summed E-state index contributed by atoms with van der Waals surface area (Å²) in [6.07, 6.45) is 4.92. The van der Waals surface area contributed by atoms with Crippen molar-refractivity contribution in [3.63, 3.8) is 0 Å². The van der Waals surface area contributed by atoms with Crippen LogP contribution in [0.5, 0.6) is 23.0 Å². The summed E-state index contributed by atoms with van der Waals surface area (Å²) in [6, 6.07) is 9.23. The molecule has 1 saturated carbocycles. The number of fused-ring (bicyclic) bond motifs is 1. The summed E-state index contributed by atoms with van der Waals surface area (Å²) in [5.74, 6) is -1.08. The van der Waals surface area contributed by atoms with E-state index in [0.717, 1.165) is 25.7 Å². The molecule has 0 saturated heterocycles. The van der Waals surface area contributed by atoms with Crippen LogP contribution in [0.1, 0.15) is 40.5 Å². The number of benzene rings is 2. The molecule has 2 aromatic carbocycles. The summed E-state index contributed by atoms with van der Waals surface area (Å²) in [6.45, 7) is 11.0. The van der Waals surface area contributed by atoms with Gasteiger partial charge in [0.1, 0.15) is 23.6 Å². The average Bonchev–Trinajstić information content (AvgIpc) is 3.61. The molecule has 2 N–H and O–H groups in total. The average molecular weight is 635 g/mol. The Bertz CT molecular complexity index is 1680. The van der Waals surface area contributed by atoms with Gasteiger partial charge in [0.2, 0.25) is 11.8 Å². The summed E-state index contributed by atoms with van der Waals surface area (Å²) in [4.78, 5) is 33.4. The van der Waals surface area contributed by atoms with E-state index in [-0.39, 0.29) is 35.5 Å². The number of likely N-dealkylation sites (N-methyl/N-ethyl adjacent to an activating group) is 1. The van der Waals surface area contributed by atoms with Gasteiger partial charge in [-0.2, -0.15) is 0 Å². The molecule has 2 amide bonds. The third kappa shape index (κ3) is 6.55. The Morgan fingerprint density at radius 2 is 1.67 bits per heavy atom. The lowest BCUT2D eigenvalue weighted by molar-refractivity contribution is -0.135. The molecule has 0 radical (unpaired) electrons. The van der Waals surface area contributed by atoms with Crippen molar-refractivity contribution in [3.8, 4) is 23.0 Å². The van der Waals surface area contributed by atoms with Gasteiger partial charge in [-0.3, -0.25) is 14.6 Å². The minimum absolute atomic E-state index is 0.0610. The number of halogens is 2. The lowest BCUT2D eigenvalue weighted by atomic mass is 9.98. The Hall–Kier alpha value is -4.51. The van der Waals surface area contributed by atoms with Crippen molar-refractivity contribution in [1.29, 1.82) is 0 Å². The summed E-state index contributed by atoms with van der Waals surface area (Å²) < 4.78 is 46.3. The van der Waals surface area contributed by atoms with E-state index in [0.29, 0.717) is 46.9 Å². The molecular weight excluding hydrogens is 594 g/mol. The van der Waals surface area contributed by atoms with Crippen LogP contribution in [0.15, 0.2) is 66.3 Å². The monoisotopic (exact) mass is 634 g/mol. The van der Waals surface area contributed by atoms with Crippen LogP contribution >= 0.6 is 0 Å². The molecule has 2 aliphatic rings. The van der Waals surface area contributed by atoms with Crippen LogP contribution in [0.3, 0.4) is 0 Å². The molecule has 2 unspecified atom stereocenters. The van der Waals surface area contributed by atoms with Crippen molar-refractivity contribution in [2.24, 2.45) is 17.3 Å². The molecule has 1 aromatic heterocycles. The fourth-order valence-electron chi connectivity index (χ4n) is 6.00. The molecule has 244 valence electrons. The number of allylic oxidation sites excluding steroid dienone is 4. The SMILES string of the molecule is CCN(CC)CCOc1cc2nccc(Oc3ccc(NC(=O)C4(C(=O)NC5=CC=C(F)CC5)C(C)C4C)cc3F)c2cc1OC. The quantitative estimate of drug-likeness (QED) is 0.201. The maximum Gasteiger partial charge on any atom is 0.240 e. The predicted octanol–water partition coefficient (Wildman–Crippen LogP) is 6.75. The maximum absolute atomic E-state index is 15.4. The zero-order valence-corrected chi connectivity index (χ0v) is 26.8. The molecule has 5 rings (SSSR count). The molecule has 1 fully saturated rings. The van der Waals surface area contributed by atoms with Gasteiger partial charge in [-0.05, 0) is 67.8 Å². The lowest BCUT2D eigenvalue weighted by Gasteiger charge is -2.20. The summed E-state index contributed by atoms with van der Waals surface area (Å²) >= 11 is 0. The van der Waals surface area contributed by atoms with Gasteiger partial charge in [0.25, 0.3) is 0 Å². The summed E-state index contributed by atoms with van der Waals surface area (Å²) in [5.41, 5.74) is -0.00248. The van der Waals surface area contributed by atoms with Crippen LogP contribution in [0.4, 0.5) is 14.5 Å². The number of amides is 2. The number of hydrogen-bond donors (Lipinski definition) is 2. The van der Waals surface area contributed by atoms with Gasteiger partial charge in [0.15, 0.2) is 23.1 Å². The minimum atomic E-state index is -1.32. The van der Waals surface area contributed by atoms with E-state index < -0.39 is 23.0 Å². The van der Waals surface area contributed by atoms with Crippen molar-refractivity contribution in [2.45, 2.75) is 40.5 Å². The number of carbonyl (C=O) groups excluding carboxylic acids is 2. The predicted molar refractivity (Wildman–Crippen MR) is 172 cm³/mol. The van der Waals surface area contributed by atoms with Crippen LogP contribution in [-0.4, -0.2) is 55.0 Å². The van der Waals surface area contributed by atoms with Gasteiger partial charge in [0.05, 0.1) is 12.6 Å². The topological polar surface area (TPSA) is 102 Å². The van der Waals surface area contributed by atoms with Crippen molar-refractivity contribution >= 4 is 28.4 Å². The number of nitrogens with one attached hydrogen (secondary N) is 2. The highest BCUT2D eigenvalue weighted by Crippen LogP contribution is 2.59. The first-order chi connectivity index (χ1) is 22.1. The molecule has 11 heteroatoms. The number of anilines is 1. The highest BCUT2D eigenvalue weighted by molar-refractivity contribution is 6.14. The van der Waals surface area contributed by atoms with Gasteiger partial charge >= 0.3 is 0 Å². The van der Waals surface area contributed by atoms with Gasteiger partial charge in [-0.25, -0.2) is 8.78 Å². The van der Waals surface area contributed by atoms with Gasteiger partial charge in [0, 0.05) is 48.1 Å². The first-order valence-corrected chi connectivity index (χ1v) is 15.6. The molecule has 1 heterocycles. The molecule has 0 spiro atoms. The summed E-state index contributed by atoms with van der Waals surface area (Å²) in [7, 11) is 1.55. The molecule has 9 nitrogen and oxygen atoms in total. The first kappa shape index (κ1) is 32.9. The largest absolute Gasteiger partial charge is 0.493 e. The molecule has 0 aliphatic heterocycles. The minimum Gasteiger partial charge on any atom is -0.493 e. The number of aromatic nitrogens is 1. The van der Waals surface area contributed by atoms with Crippen molar-refractivity contribution in [3.05, 3.63) is 72.1 Å². The van der Waals surface area contributed by atoms with Crippen LogP contribution in [0.2, 0.25) is 0 Å². The normalized spacial score (nSPS) is 20.5. The smallest absolute Gasteiger partial charge is 0.240 e. The fourth-order valence-corrected chi connectivity index (χ4v) is 6.00. The number of rotatable bonds is 13. The molecule has 3 aromatic rings. The fraction of sp³-hybridized carbons (Fsp3) is 0.400. The van der Waals surface area contributed by atoms with Crippen molar-refractivity contribution in [2.75, 3.05) is 38.7 Å². The van der Waals surface area contributed by atoms with E-state index >= 15 is 4.39 Å². The van der Waals surface area contributed by atoms with Gasteiger partial charge in [-0.15, -0.1) is 0 Å². The number of methoxy groups -OCH3 is 1. The van der Waals surface area contributed by atoms with E-state index in [1.807, 2.05) is 13.8 Å². The maximum atomic E-state index is 15.4. The molecule has 2 aliphatic carbocycles. The number of pyridine rings is 1. The number of carbonyl (C=O) groups is 2. The van der Waals surface area contributed by atoms with Crippen LogP contribution < -0.4 is 24.8 Å². The Kier molecular flexibility index (Phi) is 9.91. The Morgan fingerprint density at radius 1 is 0.935 bits per heavy atom. The second kappa shape index (κ2) is 13.9. The Labute approximate surface area is 267 Å². The standard InChI is InChI=1S/C35H40F2N4O5/c1-6-41(7-2)16-17-45-32-20-28-26(19-31(32)44-5)29(14-15-38-28)46-30-13-12-25(18-27(30)37)40-34(43)35(21(3)22(35)4)33(42)39-24-10-8-23(36)9-11-24/h8,10,12-15,18-22H,6-7,9,11,16-17H2,1-5H3,(H,39,42)(H,40,43). The van der Waals surface area contributed by atoms with Gasteiger partial charge < -0.3 is 29.7 Å². The molecule has 0 bridgehead atoms. The lowest BCUT2D eigenvalue weighted by Crippen LogP contribution is -2.42. The molecule has 2 atom stereocenters. The number of hydrogen-bond acceptors (Lipinski definition) is 7. The second-order valence-corrected chi connectivity index (χ2v) is 11.6. The Balaban J connectivity index is 1.30. The molecular formula is C35H40F2N4O5. The Morgan fingerprint density at radius 3 is 2.30 bits per heavy atom. The van der Waals surface area contributed by atoms with Crippen LogP contribution in [0.25, 0.3) is 10.9 Å². The number of nitrogens with zero attached hydrogens (tertiary/aromatic N) is 2. The second-order valence-electron chi connectivity index (χ2n) is 11.6. The van der Waals surface area contributed by atoms with E-state index in [1.54, 1.807) is 31.5 Å². The van der Waals surface area contributed by atoms with Crippen LogP contribution in [-0.2, 0) is 9.59 Å². The first-order valence-electron chi connectivity index (χ1n) is 15.6. The third-order valence-corrected chi connectivity index (χ3v) is 9.16. The zero-order valence-electron chi connectivity index (χ0n) is 26.8. The van der Waals surface area contributed by atoms with Gasteiger partial charge in [-0.1, -0.05) is 27.7 Å². The number of ether oxygens (including phenoxy) is 3. The van der Waals surface area contributed by atoms with Crippen LogP contribution in [0, 0.1) is 23.1 Å². The van der Waals surface area contributed by atoms with E-state index in [4.69, 9.17) is 14.2 Å². The highest BCUT2D eigenvalue weighted by Gasteiger charge is 2.69. The van der Waals surface area contributed by atoms with E-state index in [2.05, 4.69) is 34.4 Å². The summed E-state index contributed by atoms with van der Waals surface area (Å²) in [5, 5.41) is 6.11. The third-order valence-electron chi connectivity index (χ3n) is 9.16. The van der Waals surface area contributed by atoms with Crippen molar-refractivity contribution in [1.82, 2.24) is 15.2 Å². The molecule has 46 heavy (non-hydrogen) atoms. The highest BCUT2D eigenvalue weighted by atomic mass is 19.1. The zero-order chi connectivity index (χ0) is 33.0. The van der Waals surface area contributed by atoms with E-state index in [9.17, 15) is 14.0 Å².